The van der Waals surface area contributed by atoms with Gasteiger partial charge in [-0.05, 0) is 28.8 Å². The molecule has 0 aromatic carbocycles. The monoisotopic (exact) mass is 186 g/mol. The molecule has 0 heterocycles. The molecule has 48 valence electrons. The molecule has 0 aliphatic heterocycles. The molecular weight excluding hydrogens is 182 g/mol. The molecule has 0 saturated heterocycles. The van der Waals surface area contributed by atoms with Crippen LogP contribution in [0.3, 0.4) is 0 Å². The zero-order chi connectivity index (χ0) is 6.41. The fourth-order valence-electron chi connectivity index (χ4n) is 0.402. The van der Waals surface area contributed by atoms with Crippen molar-refractivity contribution in [1.29, 1.82) is 0 Å². The standard InChI is InChI=1S/C4H5BrF2O/c5-4(6,7)3(8)1-2-3/h8H,1-2H2. The van der Waals surface area contributed by atoms with Crippen molar-refractivity contribution in [3.05, 3.63) is 0 Å². The summed E-state index contributed by atoms with van der Waals surface area (Å²) in [6.07, 6.45) is 0.399. The molecule has 0 aromatic heterocycles. The Morgan fingerprint density at radius 2 is 1.88 bits per heavy atom. The van der Waals surface area contributed by atoms with Crippen molar-refractivity contribution in [2.75, 3.05) is 0 Å². The Balaban J connectivity index is 2.58. The molecule has 1 aliphatic carbocycles. The van der Waals surface area contributed by atoms with E-state index in [1.54, 1.807) is 0 Å². The fraction of sp³-hybridized carbons (Fsp3) is 1.00. The highest BCUT2D eigenvalue weighted by Crippen LogP contribution is 2.51. The van der Waals surface area contributed by atoms with Crippen LogP contribution in [0.15, 0.2) is 0 Å². The zero-order valence-corrected chi connectivity index (χ0v) is 5.58. The number of hydrogen-bond acceptors (Lipinski definition) is 1. The van der Waals surface area contributed by atoms with E-state index in [1.165, 1.54) is 0 Å². The van der Waals surface area contributed by atoms with Crippen molar-refractivity contribution in [2.45, 2.75) is 23.3 Å². The maximum atomic E-state index is 12.0. The minimum absolute atomic E-state index is 0.200. The van der Waals surface area contributed by atoms with E-state index in [1.807, 2.05) is 0 Å². The molecule has 1 aliphatic rings. The second kappa shape index (κ2) is 1.42. The molecule has 0 bridgehead atoms. The summed E-state index contributed by atoms with van der Waals surface area (Å²) in [6, 6.07) is 0. The topological polar surface area (TPSA) is 20.2 Å². The Kier molecular flexibility index (Phi) is 1.14. The quantitative estimate of drug-likeness (QED) is 0.616. The van der Waals surface area contributed by atoms with Gasteiger partial charge in [-0.1, -0.05) is 0 Å². The fourth-order valence-corrected chi connectivity index (χ4v) is 0.798. The summed E-state index contributed by atoms with van der Waals surface area (Å²) in [5.74, 6) is 0. The molecule has 4 heteroatoms. The first-order valence-electron chi connectivity index (χ1n) is 2.25. The Morgan fingerprint density at radius 3 is 1.88 bits per heavy atom. The van der Waals surface area contributed by atoms with Crippen molar-refractivity contribution < 1.29 is 13.9 Å². The van der Waals surface area contributed by atoms with E-state index in [0.717, 1.165) is 0 Å². The molecule has 1 fully saturated rings. The zero-order valence-electron chi connectivity index (χ0n) is 4.00. The Bertz CT molecular complexity index is 102. The highest BCUT2D eigenvalue weighted by molar-refractivity contribution is 9.10. The van der Waals surface area contributed by atoms with Crippen LogP contribution in [0.2, 0.25) is 0 Å². The Hall–Kier alpha value is 0.300. The van der Waals surface area contributed by atoms with Gasteiger partial charge >= 0.3 is 4.83 Å². The Morgan fingerprint density at radius 1 is 1.50 bits per heavy atom. The van der Waals surface area contributed by atoms with E-state index in [2.05, 4.69) is 15.9 Å². The van der Waals surface area contributed by atoms with Gasteiger partial charge in [-0.25, -0.2) is 0 Å². The van der Waals surface area contributed by atoms with E-state index >= 15 is 0 Å². The van der Waals surface area contributed by atoms with Crippen molar-refractivity contribution in [3.63, 3.8) is 0 Å². The van der Waals surface area contributed by atoms with Gasteiger partial charge in [0, 0.05) is 0 Å². The summed E-state index contributed by atoms with van der Waals surface area (Å²) in [7, 11) is 0. The van der Waals surface area contributed by atoms with E-state index in [4.69, 9.17) is 5.11 Å². The lowest BCUT2D eigenvalue weighted by atomic mass is 10.4. The summed E-state index contributed by atoms with van der Waals surface area (Å²) in [6.45, 7) is 0. The first-order valence-corrected chi connectivity index (χ1v) is 3.04. The molecule has 0 spiro atoms. The minimum atomic E-state index is -3.08. The van der Waals surface area contributed by atoms with Crippen LogP contribution >= 0.6 is 15.9 Å². The van der Waals surface area contributed by atoms with Gasteiger partial charge in [-0.2, -0.15) is 8.78 Å². The van der Waals surface area contributed by atoms with Crippen molar-refractivity contribution >= 4 is 15.9 Å². The van der Waals surface area contributed by atoms with Gasteiger partial charge in [0.15, 0.2) is 0 Å². The largest absolute Gasteiger partial charge is 0.383 e. The third-order valence-corrected chi connectivity index (χ3v) is 1.99. The number of rotatable bonds is 1. The maximum Gasteiger partial charge on any atom is 0.329 e. The molecule has 0 radical (unpaired) electrons. The molecule has 8 heavy (non-hydrogen) atoms. The van der Waals surface area contributed by atoms with Crippen LogP contribution in [-0.4, -0.2) is 15.5 Å². The number of halogens is 3. The predicted octanol–water partition coefficient (Wildman–Crippen LogP) is 1.50. The van der Waals surface area contributed by atoms with Crippen LogP contribution in [0.4, 0.5) is 8.78 Å². The second-order valence-electron chi connectivity index (χ2n) is 2.03. The number of alkyl halides is 3. The average Bonchev–Trinajstić information content (AvgIpc) is 2.16. The predicted molar refractivity (Wildman–Crippen MR) is 28.1 cm³/mol. The van der Waals surface area contributed by atoms with Crippen molar-refractivity contribution in [3.8, 4) is 0 Å². The smallest absolute Gasteiger partial charge is 0.329 e. The SMILES string of the molecule is OC1(C(F)(F)Br)CC1. The van der Waals surface area contributed by atoms with Crippen molar-refractivity contribution in [2.24, 2.45) is 0 Å². The van der Waals surface area contributed by atoms with Crippen LogP contribution in [0.1, 0.15) is 12.8 Å². The molecule has 1 saturated carbocycles. The van der Waals surface area contributed by atoms with Gasteiger partial charge in [0.2, 0.25) is 0 Å². The van der Waals surface area contributed by atoms with Crippen LogP contribution in [0.5, 0.6) is 0 Å². The van der Waals surface area contributed by atoms with Crippen LogP contribution < -0.4 is 0 Å². The summed E-state index contributed by atoms with van der Waals surface area (Å²) in [4.78, 5) is -3.08. The van der Waals surface area contributed by atoms with Crippen LogP contribution in [0, 0.1) is 0 Å². The molecule has 0 atom stereocenters. The highest BCUT2D eigenvalue weighted by atomic mass is 79.9. The second-order valence-corrected chi connectivity index (χ2v) is 3.03. The lowest BCUT2D eigenvalue weighted by molar-refractivity contribution is -0.0468. The molecular formula is C4H5BrF2O. The summed E-state index contributed by atoms with van der Waals surface area (Å²) in [5.41, 5.74) is -1.73. The maximum absolute atomic E-state index is 12.0. The third-order valence-electron chi connectivity index (χ3n) is 1.25. The Labute approximate surface area is 53.8 Å². The first-order chi connectivity index (χ1) is 3.46. The normalized spacial score (nSPS) is 25.5. The van der Waals surface area contributed by atoms with E-state index in [-0.39, 0.29) is 12.8 Å². The number of hydrogen-bond donors (Lipinski definition) is 1. The highest BCUT2D eigenvalue weighted by Gasteiger charge is 2.59. The van der Waals surface area contributed by atoms with Gasteiger partial charge in [0.05, 0.1) is 0 Å². The van der Waals surface area contributed by atoms with E-state index in [9.17, 15) is 8.78 Å². The van der Waals surface area contributed by atoms with Gasteiger partial charge in [0.1, 0.15) is 5.60 Å². The third kappa shape index (κ3) is 0.865. The van der Waals surface area contributed by atoms with Gasteiger partial charge in [-0.15, -0.1) is 0 Å². The van der Waals surface area contributed by atoms with Gasteiger partial charge in [-0.3, -0.25) is 0 Å². The van der Waals surface area contributed by atoms with Crippen LogP contribution in [-0.2, 0) is 0 Å². The van der Waals surface area contributed by atoms with Crippen molar-refractivity contribution in [1.82, 2.24) is 0 Å². The first kappa shape index (κ1) is 6.42. The molecule has 0 unspecified atom stereocenters. The molecule has 1 N–H and O–H groups in total. The average molecular weight is 187 g/mol. The van der Waals surface area contributed by atoms with Gasteiger partial charge < -0.3 is 5.11 Å². The van der Waals surface area contributed by atoms with Gasteiger partial charge in [0.25, 0.3) is 0 Å². The van der Waals surface area contributed by atoms with E-state index in [0.29, 0.717) is 0 Å². The molecule has 1 rings (SSSR count). The summed E-state index contributed by atoms with van der Waals surface area (Å²) < 4.78 is 23.9. The lowest BCUT2D eigenvalue weighted by Crippen LogP contribution is -2.28. The summed E-state index contributed by atoms with van der Waals surface area (Å²) in [5, 5.41) is 8.67. The molecule has 0 aromatic rings. The summed E-state index contributed by atoms with van der Waals surface area (Å²) >= 11 is 2.08. The lowest BCUT2D eigenvalue weighted by Gasteiger charge is -2.13. The van der Waals surface area contributed by atoms with Crippen LogP contribution in [0.25, 0.3) is 0 Å². The minimum Gasteiger partial charge on any atom is -0.383 e. The van der Waals surface area contributed by atoms with E-state index < -0.39 is 10.4 Å². The number of aliphatic hydroxyl groups is 1. The molecule has 1 nitrogen and oxygen atoms in total. The molecule has 0 amide bonds.